The molecule has 82 valence electrons. The van der Waals surface area contributed by atoms with Crippen molar-refractivity contribution in [3.05, 3.63) is 28.8 Å². The molecular weight excluding hydrogens is 240 g/mol. The van der Waals surface area contributed by atoms with Crippen molar-refractivity contribution in [1.82, 2.24) is 0 Å². The van der Waals surface area contributed by atoms with Crippen LogP contribution in [0.2, 0.25) is 5.02 Å². The number of hydrogen-bond donors (Lipinski definition) is 0. The van der Waals surface area contributed by atoms with Crippen LogP contribution in [0, 0.1) is 0 Å². The summed E-state index contributed by atoms with van der Waals surface area (Å²) in [5, 5.41) is -0.490. The lowest BCUT2D eigenvalue weighted by Gasteiger charge is -2.10. The smallest absolute Gasteiger partial charge is 0.404 e. The van der Waals surface area contributed by atoms with Crippen molar-refractivity contribution in [3.8, 4) is 5.75 Å². The molecule has 0 bridgehead atoms. The number of halogens is 5. The van der Waals surface area contributed by atoms with E-state index in [1.807, 2.05) is 0 Å². The van der Waals surface area contributed by atoms with Gasteiger partial charge in [0.05, 0.1) is 10.6 Å². The van der Waals surface area contributed by atoms with Crippen LogP contribution in [0.1, 0.15) is 10.4 Å². The van der Waals surface area contributed by atoms with Crippen molar-refractivity contribution in [2.45, 2.75) is 6.36 Å². The second kappa shape index (κ2) is 4.06. The summed E-state index contributed by atoms with van der Waals surface area (Å²) in [4.78, 5) is 10.2. The van der Waals surface area contributed by atoms with Gasteiger partial charge in [0.2, 0.25) is 0 Å². The number of carbonyl (C=O) groups is 1. The third-order valence-electron chi connectivity index (χ3n) is 1.38. The maximum absolute atomic E-state index is 12.1. The lowest BCUT2D eigenvalue weighted by molar-refractivity contribution is -0.274. The highest BCUT2D eigenvalue weighted by Crippen LogP contribution is 2.30. The van der Waals surface area contributed by atoms with Crippen molar-refractivity contribution in [3.63, 3.8) is 0 Å². The average Bonchev–Trinajstić information content (AvgIpc) is 2.05. The van der Waals surface area contributed by atoms with Crippen LogP contribution in [0.4, 0.5) is 17.6 Å². The number of hydrogen-bond acceptors (Lipinski definition) is 2. The Bertz CT molecular complexity index is 389. The molecule has 0 amide bonds. The molecule has 0 unspecified atom stereocenters. The fourth-order valence-electron chi connectivity index (χ4n) is 0.831. The Morgan fingerprint density at radius 1 is 1.33 bits per heavy atom. The first-order valence-corrected chi connectivity index (χ1v) is 3.92. The number of ether oxygens (including phenoxy) is 1. The zero-order valence-electron chi connectivity index (χ0n) is 6.94. The molecule has 0 heterocycles. The lowest BCUT2D eigenvalue weighted by atomic mass is 10.2. The van der Waals surface area contributed by atoms with E-state index in [2.05, 4.69) is 4.74 Å². The van der Waals surface area contributed by atoms with Gasteiger partial charge in [-0.2, -0.15) is 4.39 Å². The van der Waals surface area contributed by atoms with Crippen LogP contribution in [0.3, 0.4) is 0 Å². The minimum absolute atomic E-state index is 0.436. The molecule has 0 aliphatic rings. The first-order valence-electron chi connectivity index (χ1n) is 3.55. The molecule has 0 spiro atoms. The third-order valence-corrected chi connectivity index (χ3v) is 1.68. The number of alkyl halides is 3. The summed E-state index contributed by atoms with van der Waals surface area (Å²) in [5.41, 5.74) is -0.436. The highest BCUT2D eigenvalue weighted by molar-refractivity contribution is 6.32. The maximum atomic E-state index is 12.1. The number of benzene rings is 1. The van der Waals surface area contributed by atoms with Crippen LogP contribution < -0.4 is 4.74 Å². The number of carbonyl (C=O) groups excluding carboxylic acids is 1. The monoisotopic (exact) mass is 242 g/mol. The van der Waals surface area contributed by atoms with Crippen molar-refractivity contribution < 1.29 is 27.1 Å². The van der Waals surface area contributed by atoms with E-state index in [4.69, 9.17) is 11.6 Å². The molecule has 1 aromatic rings. The summed E-state index contributed by atoms with van der Waals surface area (Å²) in [6, 6.07) is 0.582. The van der Waals surface area contributed by atoms with E-state index in [-0.39, 0.29) is 0 Å². The van der Waals surface area contributed by atoms with Gasteiger partial charge in [-0.05, 0) is 18.2 Å². The lowest BCUT2D eigenvalue weighted by Crippen LogP contribution is -2.17. The average molecular weight is 243 g/mol. The van der Waals surface area contributed by atoms with Crippen LogP contribution in [-0.4, -0.2) is 12.4 Å². The minimum atomic E-state index is -4.88. The van der Waals surface area contributed by atoms with Gasteiger partial charge in [-0.15, -0.1) is 13.2 Å². The van der Waals surface area contributed by atoms with Crippen molar-refractivity contribution in [2.24, 2.45) is 0 Å². The van der Waals surface area contributed by atoms with Gasteiger partial charge in [-0.1, -0.05) is 11.6 Å². The van der Waals surface area contributed by atoms with Gasteiger partial charge in [-0.25, -0.2) is 0 Å². The van der Waals surface area contributed by atoms with E-state index in [1.165, 1.54) is 0 Å². The molecule has 0 N–H and O–H groups in total. The molecule has 0 aliphatic carbocycles. The van der Waals surface area contributed by atoms with E-state index in [0.717, 1.165) is 18.2 Å². The number of rotatable bonds is 2. The fraction of sp³-hybridized carbons (Fsp3) is 0.125. The molecule has 0 saturated heterocycles. The molecule has 0 saturated carbocycles. The van der Waals surface area contributed by atoms with Crippen LogP contribution >= 0.6 is 11.6 Å². The summed E-state index contributed by atoms with van der Waals surface area (Å²) < 4.78 is 50.9. The summed E-state index contributed by atoms with van der Waals surface area (Å²) in [6.45, 7) is 0. The molecular formula is C8H3ClF4O2. The topological polar surface area (TPSA) is 26.3 Å². The molecule has 0 fully saturated rings. The SMILES string of the molecule is O=C(F)c1ccc(OC(F)(F)F)c(Cl)c1. The summed E-state index contributed by atoms with van der Waals surface area (Å²) in [5.74, 6) is -0.686. The van der Waals surface area contributed by atoms with Crippen LogP contribution in [-0.2, 0) is 0 Å². The Balaban J connectivity index is 2.99. The largest absolute Gasteiger partial charge is 0.573 e. The predicted octanol–water partition coefficient (Wildman–Crippen LogP) is 3.35. The standard InChI is InChI=1S/C8H3ClF4O2/c9-5-3-4(7(10)14)1-2-6(5)15-8(11,12)13/h1-3H. The van der Waals surface area contributed by atoms with E-state index < -0.39 is 28.7 Å². The van der Waals surface area contributed by atoms with Crippen molar-refractivity contribution in [2.75, 3.05) is 0 Å². The van der Waals surface area contributed by atoms with Gasteiger partial charge in [0.15, 0.2) is 0 Å². The van der Waals surface area contributed by atoms with Crippen LogP contribution in [0.25, 0.3) is 0 Å². The van der Waals surface area contributed by atoms with Gasteiger partial charge in [0, 0.05) is 0 Å². The van der Waals surface area contributed by atoms with E-state index in [0.29, 0.717) is 0 Å². The summed E-state index contributed by atoms with van der Waals surface area (Å²) in [6.07, 6.45) is -4.88. The molecule has 15 heavy (non-hydrogen) atoms. The quantitative estimate of drug-likeness (QED) is 0.587. The highest BCUT2D eigenvalue weighted by Gasteiger charge is 2.32. The Hall–Kier alpha value is -1.30. The normalized spacial score (nSPS) is 11.3. The molecule has 0 atom stereocenters. The van der Waals surface area contributed by atoms with E-state index in [9.17, 15) is 22.4 Å². The molecule has 2 nitrogen and oxygen atoms in total. The van der Waals surface area contributed by atoms with Gasteiger partial charge < -0.3 is 4.74 Å². The summed E-state index contributed by atoms with van der Waals surface area (Å²) in [7, 11) is 0. The molecule has 0 aromatic heterocycles. The Morgan fingerprint density at radius 3 is 2.33 bits per heavy atom. The second-order valence-electron chi connectivity index (χ2n) is 2.47. The Kier molecular flexibility index (Phi) is 3.18. The van der Waals surface area contributed by atoms with Crippen molar-refractivity contribution >= 4 is 17.6 Å². The molecule has 0 aliphatic heterocycles. The van der Waals surface area contributed by atoms with Crippen LogP contribution in [0.15, 0.2) is 18.2 Å². The van der Waals surface area contributed by atoms with E-state index in [1.54, 1.807) is 0 Å². The van der Waals surface area contributed by atoms with Gasteiger partial charge in [0.1, 0.15) is 5.75 Å². The predicted molar refractivity (Wildman–Crippen MR) is 43.6 cm³/mol. The maximum Gasteiger partial charge on any atom is 0.573 e. The highest BCUT2D eigenvalue weighted by atomic mass is 35.5. The molecule has 0 radical (unpaired) electrons. The van der Waals surface area contributed by atoms with Gasteiger partial charge in [-0.3, -0.25) is 4.79 Å². The first-order chi connectivity index (χ1) is 6.79. The van der Waals surface area contributed by atoms with Gasteiger partial charge >= 0.3 is 12.4 Å². The van der Waals surface area contributed by atoms with Crippen molar-refractivity contribution in [1.29, 1.82) is 0 Å². The zero-order chi connectivity index (χ0) is 11.6. The first kappa shape index (κ1) is 11.8. The minimum Gasteiger partial charge on any atom is -0.404 e. The summed E-state index contributed by atoms with van der Waals surface area (Å²) >= 11 is 5.34. The zero-order valence-corrected chi connectivity index (χ0v) is 7.69. The molecule has 1 aromatic carbocycles. The third kappa shape index (κ3) is 3.39. The van der Waals surface area contributed by atoms with E-state index >= 15 is 0 Å². The van der Waals surface area contributed by atoms with Crippen LogP contribution in [0.5, 0.6) is 5.75 Å². The molecule has 7 heteroatoms. The molecule has 1 rings (SSSR count). The second-order valence-corrected chi connectivity index (χ2v) is 2.87. The Labute approximate surface area is 86.4 Å². The fourth-order valence-corrected chi connectivity index (χ4v) is 1.05. The Morgan fingerprint density at radius 2 is 1.93 bits per heavy atom. The van der Waals surface area contributed by atoms with Gasteiger partial charge in [0.25, 0.3) is 0 Å².